The first-order chi connectivity index (χ1) is 6.95. The molecular formula is C12H28N2O. The summed E-state index contributed by atoms with van der Waals surface area (Å²) >= 11 is 0. The molecule has 2 N–H and O–H groups in total. The summed E-state index contributed by atoms with van der Waals surface area (Å²) in [4.78, 5) is 2.29. The third kappa shape index (κ3) is 6.13. The normalized spacial score (nSPS) is 14.6. The standard InChI is InChI=1S/C12H28N2O/c1-6-14(9-10-15)8-7-11(13-5)12(2,3)4/h11,13,15H,6-10H2,1-5H3. The Labute approximate surface area is 94.9 Å². The van der Waals surface area contributed by atoms with Gasteiger partial charge in [-0.2, -0.15) is 0 Å². The SMILES string of the molecule is CCN(CCO)CCC(NC)C(C)(C)C. The highest BCUT2D eigenvalue weighted by Gasteiger charge is 2.22. The van der Waals surface area contributed by atoms with Crippen molar-refractivity contribution in [3.05, 3.63) is 0 Å². The van der Waals surface area contributed by atoms with Crippen molar-refractivity contribution in [3.63, 3.8) is 0 Å². The maximum absolute atomic E-state index is 8.89. The second kappa shape index (κ2) is 7.20. The van der Waals surface area contributed by atoms with Crippen molar-refractivity contribution in [2.24, 2.45) is 5.41 Å². The maximum Gasteiger partial charge on any atom is 0.0558 e. The molecule has 15 heavy (non-hydrogen) atoms. The van der Waals surface area contributed by atoms with Gasteiger partial charge in [-0.25, -0.2) is 0 Å². The molecule has 0 heterocycles. The first-order valence-electron chi connectivity index (χ1n) is 5.96. The molecule has 0 saturated heterocycles. The first kappa shape index (κ1) is 14.9. The summed E-state index contributed by atoms with van der Waals surface area (Å²) in [6.07, 6.45) is 1.13. The Morgan fingerprint density at radius 2 is 1.87 bits per heavy atom. The summed E-state index contributed by atoms with van der Waals surface area (Å²) in [6.45, 7) is 12.0. The molecule has 0 saturated carbocycles. The molecule has 0 aromatic heterocycles. The maximum atomic E-state index is 8.89. The lowest BCUT2D eigenvalue weighted by Crippen LogP contribution is -2.41. The van der Waals surface area contributed by atoms with E-state index < -0.39 is 0 Å². The average molecular weight is 216 g/mol. The Morgan fingerprint density at radius 1 is 1.27 bits per heavy atom. The monoisotopic (exact) mass is 216 g/mol. The average Bonchev–Trinajstić information content (AvgIpc) is 2.15. The van der Waals surface area contributed by atoms with Gasteiger partial charge in [0.2, 0.25) is 0 Å². The second-order valence-electron chi connectivity index (χ2n) is 5.15. The van der Waals surface area contributed by atoms with Gasteiger partial charge in [0.25, 0.3) is 0 Å². The van der Waals surface area contributed by atoms with Gasteiger partial charge >= 0.3 is 0 Å². The Balaban J connectivity index is 3.98. The summed E-state index contributed by atoms with van der Waals surface area (Å²) < 4.78 is 0. The Kier molecular flexibility index (Phi) is 7.14. The molecule has 0 aromatic rings. The van der Waals surface area contributed by atoms with Crippen LogP contribution >= 0.6 is 0 Å². The van der Waals surface area contributed by atoms with Crippen LogP contribution in [0.15, 0.2) is 0 Å². The predicted octanol–water partition coefficient (Wildman–Crippen LogP) is 1.32. The smallest absolute Gasteiger partial charge is 0.0558 e. The molecule has 0 spiro atoms. The zero-order chi connectivity index (χ0) is 11.9. The van der Waals surface area contributed by atoms with Crippen LogP contribution in [-0.2, 0) is 0 Å². The number of hydrogen-bond acceptors (Lipinski definition) is 3. The highest BCUT2D eigenvalue weighted by molar-refractivity contribution is 4.80. The molecule has 0 aliphatic carbocycles. The fraction of sp³-hybridized carbons (Fsp3) is 1.00. The van der Waals surface area contributed by atoms with Gasteiger partial charge in [0.1, 0.15) is 0 Å². The highest BCUT2D eigenvalue weighted by Crippen LogP contribution is 2.21. The fourth-order valence-electron chi connectivity index (χ4n) is 1.89. The van der Waals surface area contributed by atoms with Gasteiger partial charge in [-0.05, 0) is 32.0 Å². The van der Waals surface area contributed by atoms with Gasteiger partial charge in [-0.1, -0.05) is 27.7 Å². The van der Waals surface area contributed by atoms with Crippen LogP contribution in [0.25, 0.3) is 0 Å². The van der Waals surface area contributed by atoms with Gasteiger partial charge in [0.15, 0.2) is 0 Å². The third-order valence-corrected chi connectivity index (χ3v) is 2.99. The van der Waals surface area contributed by atoms with E-state index >= 15 is 0 Å². The molecule has 3 nitrogen and oxygen atoms in total. The van der Waals surface area contributed by atoms with Crippen LogP contribution in [0.2, 0.25) is 0 Å². The summed E-state index contributed by atoms with van der Waals surface area (Å²) in [5.74, 6) is 0. The summed E-state index contributed by atoms with van der Waals surface area (Å²) in [5.41, 5.74) is 0.299. The molecule has 0 radical (unpaired) electrons. The van der Waals surface area contributed by atoms with E-state index in [1.807, 2.05) is 7.05 Å². The molecule has 92 valence electrons. The largest absolute Gasteiger partial charge is 0.395 e. The topological polar surface area (TPSA) is 35.5 Å². The Bertz CT molecular complexity index is 154. The summed E-state index contributed by atoms with van der Waals surface area (Å²) in [6, 6.07) is 0.533. The van der Waals surface area contributed by atoms with Crippen LogP contribution in [0.5, 0.6) is 0 Å². The first-order valence-corrected chi connectivity index (χ1v) is 5.96. The molecule has 0 aliphatic heterocycles. The molecule has 0 amide bonds. The summed E-state index contributed by atoms with van der Waals surface area (Å²) in [7, 11) is 2.03. The summed E-state index contributed by atoms with van der Waals surface area (Å²) in [5, 5.41) is 12.3. The molecule has 0 bridgehead atoms. The molecule has 3 heteroatoms. The minimum Gasteiger partial charge on any atom is -0.395 e. The van der Waals surface area contributed by atoms with Crippen LogP contribution < -0.4 is 5.32 Å². The van der Waals surface area contributed by atoms with Crippen LogP contribution in [-0.4, -0.2) is 49.3 Å². The van der Waals surface area contributed by atoms with E-state index in [1.165, 1.54) is 0 Å². The number of hydrogen-bond donors (Lipinski definition) is 2. The molecule has 0 aromatic carbocycles. The number of likely N-dealkylation sites (N-methyl/N-ethyl adjacent to an activating group) is 1. The lowest BCUT2D eigenvalue weighted by atomic mass is 9.85. The predicted molar refractivity (Wildman–Crippen MR) is 66.1 cm³/mol. The quantitative estimate of drug-likeness (QED) is 0.674. The lowest BCUT2D eigenvalue weighted by molar-refractivity contribution is 0.178. The third-order valence-electron chi connectivity index (χ3n) is 2.99. The van der Waals surface area contributed by atoms with E-state index in [1.54, 1.807) is 0 Å². The molecule has 1 atom stereocenters. The van der Waals surface area contributed by atoms with Gasteiger partial charge in [0.05, 0.1) is 6.61 Å². The number of rotatable bonds is 7. The Hall–Kier alpha value is -0.120. The van der Waals surface area contributed by atoms with Crippen molar-refractivity contribution in [1.29, 1.82) is 0 Å². The van der Waals surface area contributed by atoms with E-state index in [4.69, 9.17) is 5.11 Å². The van der Waals surface area contributed by atoms with Crippen LogP contribution in [0.3, 0.4) is 0 Å². The van der Waals surface area contributed by atoms with E-state index in [-0.39, 0.29) is 6.61 Å². The fourth-order valence-corrected chi connectivity index (χ4v) is 1.89. The van der Waals surface area contributed by atoms with Crippen molar-refractivity contribution >= 4 is 0 Å². The van der Waals surface area contributed by atoms with Crippen LogP contribution in [0, 0.1) is 5.41 Å². The van der Waals surface area contributed by atoms with Gasteiger partial charge < -0.3 is 15.3 Å². The van der Waals surface area contributed by atoms with Crippen molar-refractivity contribution in [2.75, 3.05) is 33.3 Å². The number of aliphatic hydroxyl groups is 1. The lowest BCUT2D eigenvalue weighted by Gasteiger charge is -2.32. The molecule has 0 aliphatic rings. The number of nitrogens with zero attached hydrogens (tertiary/aromatic N) is 1. The molecular weight excluding hydrogens is 188 g/mol. The van der Waals surface area contributed by atoms with Crippen molar-refractivity contribution in [3.8, 4) is 0 Å². The van der Waals surface area contributed by atoms with E-state index in [9.17, 15) is 0 Å². The van der Waals surface area contributed by atoms with Crippen LogP contribution in [0.1, 0.15) is 34.1 Å². The minimum absolute atomic E-state index is 0.258. The van der Waals surface area contributed by atoms with Crippen molar-refractivity contribution in [1.82, 2.24) is 10.2 Å². The molecule has 0 fully saturated rings. The van der Waals surface area contributed by atoms with Crippen molar-refractivity contribution < 1.29 is 5.11 Å². The highest BCUT2D eigenvalue weighted by atomic mass is 16.3. The number of nitrogens with one attached hydrogen (secondary N) is 1. The van der Waals surface area contributed by atoms with Crippen molar-refractivity contribution in [2.45, 2.75) is 40.2 Å². The zero-order valence-electron chi connectivity index (χ0n) is 11.0. The second-order valence-corrected chi connectivity index (χ2v) is 5.15. The molecule has 1 unspecified atom stereocenters. The van der Waals surface area contributed by atoms with E-state index in [0.29, 0.717) is 11.5 Å². The van der Waals surface area contributed by atoms with E-state index in [0.717, 1.165) is 26.1 Å². The van der Waals surface area contributed by atoms with E-state index in [2.05, 4.69) is 37.9 Å². The minimum atomic E-state index is 0.258. The molecule has 0 rings (SSSR count). The zero-order valence-corrected chi connectivity index (χ0v) is 11.0. The number of aliphatic hydroxyl groups excluding tert-OH is 1. The van der Waals surface area contributed by atoms with Gasteiger partial charge in [-0.15, -0.1) is 0 Å². The van der Waals surface area contributed by atoms with Crippen LogP contribution in [0.4, 0.5) is 0 Å². The van der Waals surface area contributed by atoms with Gasteiger partial charge in [-0.3, -0.25) is 0 Å². The van der Waals surface area contributed by atoms with Gasteiger partial charge in [0, 0.05) is 12.6 Å². The Morgan fingerprint density at radius 3 is 2.20 bits per heavy atom.